The molecule has 9 atom stereocenters. The summed E-state index contributed by atoms with van der Waals surface area (Å²) in [5.41, 5.74) is 1.59. The molecule has 0 radical (unpaired) electrons. The summed E-state index contributed by atoms with van der Waals surface area (Å²) in [4.78, 5) is 28.6. The summed E-state index contributed by atoms with van der Waals surface area (Å²) in [6.07, 6.45) is 11.3. The van der Waals surface area contributed by atoms with Crippen molar-refractivity contribution in [2.24, 2.45) is 50.2 Å². The minimum atomic E-state index is -0.552. The maximum atomic E-state index is 14.8. The van der Waals surface area contributed by atoms with Gasteiger partial charge in [-0.05, 0) is 122 Å². The highest BCUT2D eigenvalue weighted by Crippen LogP contribution is 2.75. The van der Waals surface area contributed by atoms with Crippen molar-refractivity contribution in [2.75, 3.05) is 0 Å². The lowest BCUT2D eigenvalue weighted by Gasteiger charge is -2.70. The lowest BCUT2D eigenvalue weighted by Crippen LogP contribution is -2.67. The Morgan fingerprint density at radius 3 is 2.15 bits per heavy atom. The molecule has 4 heteroatoms. The molecule has 7 rings (SSSR count). The summed E-state index contributed by atoms with van der Waals surface area (Å²) in [7, 11) is 0. The normalized spacial score (nSPS) is 42.1. The zero-order valence-electron chi connectivity index (χ0n) is 29.9. The smallest absolute Gasteiger partial charge is 0.312 e. The summed E-state index contributed by atoms with van der Waals surface area (Å²) in [6.45, 7) is 17.1. The standard InChI is InChI=1S/C43H56O4/c1-38(2)34-18-21-43(7)36(41(34,5)20-19-35(38)47-30-16-12-9-13-17-30)33(44)26-31-32-27-40(4,23-22-39(32,3)24-25-42(31,43)6)37(45)46-28-29-14-10-8-11-15-29/h8-17,26,32,34-36H,18-25,27-28H2,1-7H3/t32?,34?,35?,36?,39?,40-,41?,42+,43?/m0/s1. The van der Waals surface area contributed by atoms with Gasteiger partial charge in [0, 0.05) is 11.3 Å². The molecular formula is C43H56O4. The van der Waals surface area contributed by atoms with Crippen LogP contribution in [0.2, 0.25) is 0 Å². The fraction of sp³-hybridized carbons (Fsp3) is 0.628. The molecule has 2 aromatic rings. The van der Waals surface area contributed by atoms with E-state index in [1.165, 1.54) is 5.57 Å². The van der Waals surface area contributed by atoms with Crippen LogP contribution in [-0.4, -0.2) is 17.9 Å². The van der Waals surface area contributed by atoms with Crippen molar-refractivity contribution >= 4 is 11.8 Å². The molecule has 0 bridgehead atoms. The van der Waals surface area contributed by atoms with E-state index in [4.69, 9.17) is 9.47 Å². The number of esters is 1. The highest BCUT2D eigenvalue weighted by Gasteiger charge is 2.70. The molecule has 0 aromatic heterocycles. The number of ketones is 1. The largest absolute Gasteiger partial charge is 0.490 e. The van der Waals surface area contributed by atoms with Crippen LogP contribution in [0.25, 0.3) is 0 Å². The summed E-state index contributed by atoms with van der Waals surface area (Å²) in [5, 5.41) is 0. The third kappa shape index (κ3) is 4.89. The first-order valence-corrected chi connectivity index (χ1v) is 18.4. The van der Waals surface area contributed by atoms with Crippen molar-refractivity contribution in [1.29, 1.82) is 0 Å². The van der Waals surface area contributed by atoms with Gasteiger partial charge in [0.2, 0.25) is 0 Å². The maximum absolute atomic E-state index is 14.8. The van der Waals surface area contributed by atoms with Gasteiger partial charge < -0.3 is 9.47 Å². The van der Waals surface area contributed by atoms with Crippen LogP contribution in [0.4, 0.5) is 0 Å². The number of hydrogen-bond acceptors (Lipinski definition) is 4. The van der Waals surface area contributed by atoms with Crippen LogP contribution in [0.3, 0.4) is 0 Å². The van der Waals surface area contributed by atoms with Crippen LogP contribution in [0.15, 0.2) is 72.3 Å². The summed E-state index contributed by atoms with van der Waals surface area (Å²) >= 11 is 0. The SMILES string of the molecule is CC12CC[C@](C)(C(=O)OCc3ccccc3)CC1C1=CC(=O)C3C4(C)CCC(Oc5ccccc5)C(C)(C)C4CCC3(C)[C@]1(C)CC2. The monoisotopic (exact) mass is 636 g/mol. The predicted molar refractivity (Wildman–Crippen MR) is 187 cm³/mol. The van der Waals surface area contributed by atoms with Gasteiger partial charge in [0.25, 0.3) is 0 Å². The molecule has 47 heavy (non-hydrogen) atoms. The Hall–Kier alpha value is -2.88. The molecule has 252 valence electrons. The first-order valence-electron chi connectivity index (χ1n) is 18.4. The maximum Gasteiger partial charge on any atom is 0.312 e. The Balaban J connectivity index is 1.18. The van der Waals surface area contributed by atoms with Crippen LogP contribution in [0, 0.1) is 50.2 Å². The number of benzene rings is 2. The summed E-state index contributed by atoms with van der Waals surface area (Å²) in [5.74, 6) is 1.81. The van der Waals surface area contributed by atoms with E-state index in [1.54, 1.807) is 0 Å². The number of para-hydroxylation sites is 1. The van der Waals surface area contributed by atoms with Gasteiger partial charge in [-0.3, -0.25) is 9.59 Å². The second-order valence-electron chi connectivity index (χ2n) is 18.1. The molecule has 4 nitrogen and oxygen atoms in total. The number of carbonyl (C=O) groups excluding carboxylic acids is 2. The molecule has 7 unspecified atom stereocenters. The second kappa shape index (κ2) is 11.1. The third-order valence-electron chi connectivity index (χ3n) is 15.2. The molecule has 4 saturated carbocycles. The van der Waals surface area contributed by atoms with Crippen molar-refractivity contribution < 1.29 is 19.1 Å². The van der Waals surface area contributed by atoms with Crippen molar-refractivity contribution in [3.63, 3.8) is 0 Å². The average Bonchev–Trinajstić information content (AvgIpc) is 3.04. The third-order valence-corrected chi connectivity index (χ3v) is 15.2. The van der Waals surface area contributed by atoms with Crippen LogP contribution in [-0.2, 0) is 20.9 Å². The number of fused-ring (bicyclic) bond motifs is 7. The highest BCUT2D eigenvalue weighted by molar-refractivity contribution is 5.95. The topological polar surface area (TPSA) is 52.6 Å². The van der Waals surface area contributed by atoms with Crippen LogP contribution in [0.5, 0.6) is 5.75 Å². The molecule has 0 spiro atoms. The first-order chi connectivity index (χ1) is 22.2. The molecule has 5 aliphatic rings. The van der Waals surface area contributed by atoms with Gasteiger partial charge >= 0.3 is 5.97 Å². The molecule has 0 heterocycles. The van der Waals surface area contributed by atoms with Gasteiger partial charge in [-0.15, -0.1) is 0 Å². The van der Waals surface area contributed by atoms with Crippen LogP contribution in [0.1, 0.15) is 112 Å². The van der Waals surface area contributed by atoms with Crippen molar-refractivity contribution in [2.45, 2.75) is 119 Å². The minimum Gasteiger partial charge on any atom is -0.490 e. The van der Waals surface area contributed by atoms with E-state index >= 15 is 0 Å². The highest BCUT2D eigenvalue weighted by atomic mass is 16.5. The van der Waals surface area contributed by atoms with Crippen LogP contribution >= 0.6 is 0 Å². The number of hydrogen-bond donors (Lipinski definition) is 0. The molecule has 0 amide bonds. The molecule has 0 aliphatic heterocycles. The van der Waals surface area contributed by atoms with Crippen LogP contribution < -0.4 is 4.74 Å². The fourth-order valence-corrected chi connectivity index (χ4v) is 12.1. The number of ether oxygens (including phenoxy) is 2. The van der Waals surface area contributed by atoms with Crippen molar-refractivity contribution in [3.05, 3.63) is 77.9 Å². The zero-order chi connectivity index (χ0) is 33.5. The van der Waals surface area contributed by atoms with E-state index in [9.17, 15) is 9.59 Å². The van der Waals surface area contributed by atoms with E-state index in [2.05, 4.69) is 66.7 Å². The first kappa shape index (κ1) is 32.7. The van der Waals surface area contributed by atoms with Gasteiger partial charge in [-0.2, -0.15) is 0 Å². The quantitative estimate of drug-likeness (QED) is 0.307. The summed E-state index contributed by atoms with van der Waals surface area (Å²) < 4.78 is 12.6. The molecule has 5 aliphatic carbocycles. The Labute approximate surface area is 283 Å². The molecule has 0 N–H and O–H groups in total. The lowest BCUT2D eigenvalue weighted by molar-refractivity contribution is -0.199. The van der Waals surface area contributed by atoms with Gasteiger partial charge in [0.05, 0.1) is 5.41 Å². The van der Waals surface area contributed by atoms with Gasteiger partial charge in [-0.25, -0.2) is 0 Å². The predicted octanol–water partition coefficient (Wildman–Crippen LogP) is 10.2. The molecule has 2 aromatic carbocycles. The van der Waals surface area contributed by atoms with E-state index in [0.29, 0.717) is 18.3 Å². The fourth-order valence-electron chi connectivity index (χ4n) is 12.1. The molecular weight excluding hydrogens is 580 g/mol. The van der Waals surface area contributed by atoms with Crippen molar-refractivity contribution in [1.82, 2.24) is 0 Å². The van der Waals surface area contributed by atoms with Crippen molar-refractivity contribution in [3.8, 4) is 5.75 Å². The van der Waals surface area contributed by atoms with Gasteiger partial charge in [-0.1, -0.05) is 95.6 Å². The average molecular weight is 637 g/mol. The molecule has 4 fully saturated rings. The summed E-state index contributed by atoms with van der Waals surface area (Å²) in [6, 6.07) is 20.2. The number of allylic oxidation sites excluding steroid dienone is 2. The van der Waals surface area contributed by atoms with E-state index in [0.717, 1.165) is 69.1 Å². The minimum absolute atomic E-state index is 0.00498. The lowest BCUT2D eigenvalue weighted by atomic mass is 9.33. The Bertz CT molecular complexity index is 1560. The van der Waals surface area contributed by atoms with E-state index < -0.39 is 5.41 Å². The Morgan fingerprint density at radius 2 is 1.45 bits per heavy atom. The van der Waals surface area contributed by atoms with Gasteiger partial charge in [0.15, 0.2) is 5.78 Å². The molecule has 0 saturated heterocycles. The Kier molecular flexibility index (Phi) is 7.69. The number of carbonyl (C=O) groups is 2. The van der Waals surface area contributed by atoms with E-state index in [1.807, 2.05) is 48.5 Å². The second-order valence-corrected chi connectivity index (χ2v) is 18.1. The van der Waals surface area contributed by atoms with Gasteiger partial charge in [0.1, 0.15) is 18.5 Å². The van der Waals surface area contributed by atoms with E-state index in [-0.39, 0.29) is 51.0 Å². The number of rotatable bonds is 5. The zero-order valence-corrected chi connectivity index (χ0v) is 29.9. The Morgan fingerprint density at radius 1 is 0.787 bits per heavy atom.